The van der Waals surface area contributed by atoms with Crippen LogP contribution >= 0.6 is 11.6 Å². The highest BCUT2D eigenvalue weighted by Crippen LogP contribution is 2.42. The lowest BCUT2D eigenvalue weighted by Gasteiger charge is -2.02. The fourth-order valence-electron chi connectivity index (χ4n) is 3.32. The minimum absolute atomic E-state index is 0.853. The Morgan fingerprint density at radius 1 is 1.11 bits per heavy atom. The first kappa shape index (κ1) is 11.1. The molecule has 0 saturated carbocycles. The summed E-state index contributed by atoms with van der Waals surface area (Å²) in [6.45, 7) is 3.16. The minimum atomic E-state index is 0.853. The SMILES string of the molecule is CCc1c2n(c3c(Cl)cccc13)Cc1ccccc1-2. The highest BCUT2D eigenvalue weighted by molar-refractivity contribution is 6.35. The molecular weight excluding hydrogens is 254 g/mol. The van der Waals surface area contributed by atoms with E-state index in [4.69, 9.17) is 11.6 Å². The normalized spacial score (nSPS) is 12.7. The molecule has 1 aliphatic heterocycles. The fraction of sp³-hybridized carbons (Fsp3) is 0.176. The van der Waals surface area contributed by atoms with Gasteiger partial charge in [-0.1, -0.05) is 54.9 Å². The first-order chi connectivity index (χ1) is 9.31. The number of nitrogens with zero attached hydrogens (tertiary/aromatic N) is 1. The summed E-state index contributed by atoms with van der Waals surface area (Å²) in [4.78, 5) is 0. The van der Waals surface area contributed by atoms with Crippen LogP contribution in [0.4, 0.5) is 0 Å². The lowest BCUT2D eigenvalue weighted by atomic mass is 10.0. The summed E-state index contributed by atoms with van der Waals surface area (Å²) in [5.74, 6) is 0. The fourth-order valence-corrected chi connectivity index (χ4v) is 3.60. The van der Waals surface area contributed by atoms with Crippen molar-refractivity contribution >= 4 is 22.5 Å². The van der Waals surface area contributed by atoms with Gasteiger partial charge in [0.1, 0.15) is 0 Å². The van der Waals surface area contributed by atoms with Gasteiger partial charge in [0, 0.05) is 17.5 Å². The van der Waals surface area contributed by atoms with E-state index in [9.17, 15) is 0 Å². The number of para-hydroxylation sites is 1. The topological polar surface area (TPSA) is 4.93 Å². The van der Waals surface area contributed by atoms with Crippen LogP contribution in [0.15, 0.2) is 42.5 Å². The summed E-state index contributed by atoms with van der Waals surface area (Å²) in [5.41, 5.74) is 6.73. The number of fused-ring (bicyclic) bond motifs is 5. The minimum Gasteiger partial charge on any atom is -0.335 e. The zero-order valence-corrected chi connectivity index (χ0v) is 11.5. The number of aromatic nitrogens is 1. The van der Waals surface area contributed by atoms with E-state index >= 15 is 0 Å². The molecule has 1 aromatic heterocycles. The maximum Gasteiger partial charge on any atom is 0.0680 e. The number of rotatable bonds is 1. The van der Waals surface area contributed by atoms with Crippen LogP contribution < -0.4 is 0 Å². The van der Waals surface area contributed by atoms with Crippen molar-refractivity contribution in [1.82, 2.24) is 4.57 Å². The van der Waals surface area contributed by atoms with Crippen molar-refractivity contribution in [2.24, 2.45) is 0 Å². The van der Waals surface area contributed by atoms with Crippen LogP contribution in [0.2, 0.25) is 5.02 Å². The van der Waals surface area contributed by atoms with Gasteiger partial charge in [0.2, 0.25) is 0 Å². The molecule has 3 aromatic rings. The Labute approximate surface area is 117 Å². The van der Waals surface area contributed by atoms with Crippen LogP contribution in [0.25, 0.3) is 22.2 Å². The molecule has 0 atom stereocenters. The molecule has 94 valence electrons. The molecule has 4 rings (SSSR count). The summed E-state index contributed by atoms with van der Waals surface area (Å²) in [6, 6.07) is 14.9. The van der Waals surface area contributed by atoms with Crippen LogP contribution in [-0.4, -0.2) is 4.57 Å². The van der Waals surface area contributed by atoms with Crippen molar-refractivity contribution in [3.63, 3.8) is 0 Å². The Kier molecular flexibility index (Phi) is 2.27. The zero-order valence-electron chi connectivity index (χ0n) is 10.8. The van der Waals surface area contributed by atoms with E-state index in [1.54, 1.807) is 0 Å². The van der Waals surface area contributed by atoms with Crippen LogP contribution in [0.5, 0.6) is 0 Å². The number of halogens is 1. The van der Waals surface area contributed by atoms with Crippen LogP contribution in [-0.2, 0) is 13.0 Å². The molecule has 0 fully saturated rings. The molecule has 0 aliphatic carbocycles. The molecule has 1 aliphatic rings. The number of hydrogen-bond acceptors (Lipinski definition) is 0. The standard InChI is InChI=1S/C17H14ClN/c1-2-12-14-8-5-9-15(18)17(14)19-10-11-6-3-4-7-13(11)16(12)19/h3-9H,2,10H2,1H3. The first-order valence-corrected chi connectivity index (χ1v) is 7.07. The zero-order chi connectivity index (χ0) is 13.0. The largest absolute Gasteiger partial charge is 0.335 e. The third-order valence-corrected chi connectivity index (χ3v) is 4.40. The first-order valence-electron chi connectivity index (χ1n) is 6.69. The molecule has 0 radical (unpaired) electrons. The Morgan fingerprint density at radius 2 is 1.95 bits per heavy atom. The summed E-state index contributed by atoms with van der Waals surface area (Å²) in [6.07, 6.45) is 1.04. The number of aryl methyl sites for hydroxylation is 1. The summed E-state index contributed by atoms with van der Waals surface area (Å²) >= 11 is 6.43. The van der Waals surface area contributed by atoms with Crippen molar-refractivity contribution in [1.29, 1.82) is 0 Å². The second-order valence-electron chi connectivity index (χ2n) is 5.06. The smallest absolute Gasteiger partial charge is 0.0680 e. The van der Waals surface area contributed by atoms with Gasteiger partial charge in [0.25, 0.3) is 0 Å². The maximum atomic E-state index is 6.43. The molecule has 0 unspecified atom stereocenters. The van der Waals surface area contributed by atoms with E-state index in [1.165, 1.54) is 33.3 Å². The predicted octanol–water partition coefficient (Wildman–Crippen LogP) is 4.89. The van der Waals surface area contributed by atoms with E-state index in [-0.39, 0.29) is 0 Å². The van der Waals surface area contributed by atoms with Crippen molar-refractivity contribution in [2.45, 2.75) is 19.9 Å². The molecular formula is C17H14ClN. The molecule has 19 heavy (non-hydrogen) atoms. The van der Waals surface area contributed by atoms with Gasteiger partial charge in [-0.3, -0.25) is 0 Å². The van der Waals surface area contributed by atoms with Crippen molar-refractivity contribution in [2.75, 3.05) is 0 Å². The second-order valence-corrected chi connectivity index (χ2v) is 5.47. The Balaban J connectivity index is 2.18. The lowest BCUT2D eigenvalue weighted by molar-refractivity contribution is 0.882. The van der Waals surface area contributed by atoms with Crippen molar-refractivity contribution in [3.05, 3.63) is 58.6 Å². The Bertz CT molecular complexity index is 798. The highest BCUT2D eigenvalue weighted by atomic mass is 35.5. The molecule has 0 amide bonds. The third-order valence-electron chi connectivity index (χ3n) is 4.09. The molecule has 0 bridgehead atoms. The van der Waals surface area contributed by atoms with Gasteiger partial charge in [-0.2, -0.15) is 0 Å². The molecule has 1 nitrogen and oxygen atoms in total. The second kappa shape index (κ2) is 3.88. The molecule has 0 spiro atoms. The molecule has 2 heterocycles. The average Bonchev–Trinajstić information content (AvgIpc) is 2.93. The monoisotopic (exact) mass is 267 g/mol. The average molecular weight is 268 g/mol. The highest BCUT2D eigenvalue weighted by Gasteiger charge is 2.25. The predicted molar refractivity (Wildman–Crippen MR) is 80.9 cm³/mol. The Hall–Kier alpha value is -1.73. The quantitative estimate of drug-likeness (QED) is 0.463. The van der Waals surface area contributed by atoms with E-state index in [2.05, 4.69) is 41.8 Å². The summed E-state index contributed by atoms with van der Waals surface area (Å²) < 4.78 is 2.38. The van der Waals surface area contributed by atoms with Crippen LogP contribution in [0.3, 0.4) is 0 Å². The Morgan fingerprint density at radius 3 is 2.79 bits per heavy atom. The molecule has 0 N–H and O–H groups in total. The summed E-state index contributed by atoms with van der Waals surface area (Å²) in [7, 11) is 0. The lowest BCUT2D eigenvalue weighted by Crippen LogP contribution is -1.92. The van der Waals surface area contributed by atoms with E-state index in [1.807, 2.05) is 12.1 Å². The van der Waals surface area contributed by atoms with Crippen molar-refractivity contribution < 1.29 is 0 Å². The third kappa shape index (κ3) is 1.36. The van der Waals surface area contributed by atoms with Crippen molar-refractivity contribution in [3.8, 4) is 11.3 Å². The number of benzene rings is 2. The van der Waals surface area contributed by atoms with Gasteiger partial charge < -0.3 is 4.57 Å². The number of hydrogen-bond donors (Lipinski definition) is 0. The van der Waals surface area contributed by atoms with Gasteiger partial charge >= 0.3 is 0 Å². The van der Waals surface area contributed by atoms with Gasteiger partial charge in [-0.25, -0.2) is 0 Å². The maximum absolute atomic E-state index is 6.43. The van der Waals surface area contributed by atoms with E-state index in [0.29, 0.717) is 0 Å². The molecule has 2 heteroatoms. The van der Waals surface area contributed by atoms with Gasteiger partial charge in [-0.05, 0) is 23.6 Å². The summed E-state index contributed by atoms with van der Waals surface area (Å²) in [5, 5.41) is 2.16. The van der Waals surface area contributed by atoms with Gasteiger partial charge in [-0.15, -0.1) is 0 Å². The van der Waals surface area contributed by atoms with E-state index in [0.717, 1.165) is 18.0 Å². The van der Waals surface area contributed by atoms with Crippen LogP contribution in [0.1, 0.15) is 18.1 Å². The van der Waals surface area contributed by atoms with Crippen LogP contribution in [0, 0.1) is 0 Å². The molecule has 2 aromatic carbocycles. The van der Waals surface area contributed by atoms with Gasteiger partial charge in [0.05, 0.1) is 16.2 Å². The van der Waals surface area contributed by atoms with Gasteiger partial charge in [0.15, 0.2) is 0 Å². The van der Waals surface area contributed by atoms with E-state index < -0.39 is 0 Å². The molecule has 0 saturated heterocycles.